The number of hydrogen-bond donors (Lipinski definition) is 2. The van der Waals surface area contributed by atoms with E-state index in [4.69, 9.17) is 23.1 Å². The van der Waals surface area contributed by atoms with Gasteiger partial charge in [-0.15, -0.1) is 0 Å². The number of aliphatic imine (C=N–C) groups is 2. The fourth-order valence-electron chi connectivity index (χ4n) is 3.17. The van der Waals surface area contributed by atoms with Crippen molar-refractivity contribution in [1.29, 1.82) is 0 Å². The molecular formula is C14H16ClF2N5. The Morgan fingerprint density at radius 1 is 1.14 bits per heavy atom. The van der Waals surface area contributed by atoms with E-state index in [0.29, 0.717) is 18.5 Å². The van der Waals surface area contributed by atoms with Gasteiger partial charge in [0.2, 0.25) is 11.9 Å². The van der Waals surface area contributed by atoms with Crippen molar-refractivity contribution in [1.82, 2.24) is 0 Å². The van der Waals surface area contributed by atoms with E-state index in [2.05, 4.69) is 9.98 Å². The van der Waals surface area contributed by atoms with Gasteiger partial charge in [0.1, 0.15) is 5.66 Å². The van der Waals surface area contributed by atoms with Gasteiger partial charge in [0.15, 0.2) is 11.6 Å². The monoisotopic (exact) mass is 327 g/mol. The second-order valence-electron chi connectivity index (χ2n) is 5.54. The van der Waals surface area contributed by atoms with Crippen molar-refractivity contribution in [2.75, 3.05) is 4.90 Å². The predicted molar refractivity (Wildman–Crippen MR) is 82.9 cm³/mol. The van der Waals surface area contributed by atoms with E-state index in [9.17, 15) is 8.78 Å². The van der Waals surface area contributed by atoms with Gasteiger partial charge in [-0.25, -0.2) is 13.8 Å². The lowest BCUT2D eigenvalue weighted by atomic mass is 9.87. The molecule has 1 aliphatic carbocycles. The minimum absolute atomic E-state index is 0.101. The highest BCUT2D eigenvalue weighted by Crippen LogP contribution is 2.40. The third kappa shape index (κ3) is 2.39. The Hall–Kier alpha value is -1.89. The Bertz CT molecular complexity index is 644. The highest BCUT2D eigenvalue weighted by atomic mass is 35.5. The minimum Gasteiger partial charge on any atom is -0.369 e. The van der Waals surface area contributed by atoms with E-state index in [0.717, 1.165) is 25.3 Å². The highest BCUT2D eigenvalue weighted by molar-refractivity contribution is 6.31. The van der Waals surface area contributed by atoms with Crippen molar-refractivity contribution in [2.24, 2.45) is 21.5 Å². The van der Waals surface area contributed by atoms with Crippen LogP contribution in [0.1, 0.15) is 32.1 Å². The van der Waals surface area contributed by atoms with Crippen LogP contribution >= 0.6 is 11.6 Å². The predicted octanol–water partition coefficient (Wildman–Crippen LogP) is 2.73. The lowest BCUT2D eigenvalue weighted by Crippen LogP contribution is -2.58. The van der Waals surface area contributed by atoms with Crippen molar-refractivity contribution in [2.45, 2.75) is 37.8 Å². The first kappa shape index (κ1) is 15.0. The largest absolute Gasteiger partial charge is 0.369 e. The molecular weight excluding hydrogens is 312 g/mol. The topological polar surface area (TPSA) is 80.0 Å². The fraction of sp³-hybridized carbons (Fsp3) is 0.429. The summed E-state index contributed by atoms with van der Waals surface area (Å²) in [5, 5.41) is -0.309. The van der Waals surface area contributed by atoms with Gasteiger partial charge in [0, 0.05) is 6.07 Å². The SMILES string of the molecule is NC1=NC2(CCCCC2)N(c2cc(F)c(F)c(Cl)c2)C(N)=N1. The van der Waals surface area contributed by atoms with E-state index < -0.39 is 17.3 Å². The van der Waals surface area contributed by atoms with Crippen LogP contribution in [0.4, 0.5) is 14.5 Å². The standard InChI is InChI=1S/C14H16ClF2N5/c15-9-6-8(7-10(16)11(9)17)22-13(19)20-12(18)21-14(22)4-2-1-3-5-14/h6-7H,1-5H2,(H4,18,19,20,21). The molecule has 118 valence electrons. The maximum Gasteiger partial charge on any atom is 0.220 e. The van der Waals surface area contributed by atoms with Crippen LogP contribution in [0.25, 0.3) is 0 Å². The maximum atomic E-state index is 13.7. The van der Waals surface area contributed by atoms with Gasteiger partial charge in [-0.2, -0.15) is 4.99 Å². The van der Waals surface area contributed by atoms with E-state index >= 15 is 0 Å². The second kappa shape index (κ2) is 5.39. The zero-order chi connectivity index (χ0) is 15.9. The zero-order valence-electron chi connectivity index (χ0n) is 11.8. The molecule has 0 bridgehead atoms. The van der Waals surface area contributed by atoms with Crippen LogP contribution in [-0.2, 0) is 0 Å². The minimum atomic E-state index is -1.08. The lowest BCUT2D eigenvalue weighted by molar-refractivity contribution is 0.305. The number of anilines is 1. The first-order chi connectivity index (χ1) is 10.4. The van der Waals surface area contributed by atoms with Crippen LogP contribution in [-0.4, -0.2) is 17.6 Å². The molecule has 8 heteroatoms. The summed E-state index contributed by atoms with van der Waals surface area (Å²) in [6.07, 6.45) is 4.39. The number of nitrogens with two attached hydrogens (primary N) is 2. The number of guanidine groups is 2. The van der Waals surface area contributed by atoms with Crippen molar-refractivity contribution in [3.8, 4) is 0 Å². The quantitative estimate of drug-likeness (QED) is 0.778. The molecule has 1 aromatic rings. The molecule has 1 fully saturated rings. The summed E-state index contributed by atoms with van der Waals surface area (Å²) in [5.41, 5.74) is 11.4. The molecule has 1 spiro atoms. The average Bonchev–Trinajstić information content (AvgIpc) is 2.44. The third-order valence-electron chi connectivity index (χ3n) is 4.08. The molecule has 0 saturated heterocycles. The van der Waals surface area contributed by atoms with Gasteiger partial charge in [0.05, 0.1) is 10.7 Å². The molecule has 1 heterocycles. The Labute approximate surface area is 131 Å². The van der Waals surface area contributed by atoms with Gasteiger partial charge in [-0.1, -0.05) is 18.0 Å². The van der Waals surface area contributed by atoms with E-state index in [1.807, 2.05) is 0 Å². The van der Waals surface area contributed by atoms with Crippen LogP contribution in [0.5, 0.6) is 0 Å². The molecule has 0 atom stereocenters. The molecule has 22 heavy (non-hydrogen) atoms. The van der Waals surface area contributed by atoms with Crippen LogP contribution in [0, 0.1) is 11.6 Å². The molecule has 4 N–H and O–H groups in total. The molecule has 3 rings (SSSR count). The maximum absolute atomic E-state index is 13.7. The summed E-state index contributed by atoms with van der Waals surface area (Å²) in [6, 6.07) is 2.38. The number of nitrogens with zero attached hydrogens (tertiary/aromatic N) is 3. The molecule has 1 aromatic carbocycles. The van der Waals surface area contributed by atoms with Gasteiger partial charge >= 0.3 is 0 Å². The summed E-state index contributed by atoms with van der Waals surface area (Å²) in [5.74, 6) is -1.91. The van der Waals surface area contributed by atoms with E-state index in [1.165, 1.54) is 6.07 Å². The van der Waals surface area contributed by atoms with Crippen LogP contribution < -0.4 is 16.4 Å². The molecule has 2 aliphatic rings. The Kier molecular flexibility index (Phi) is 3.68. The van der Waals surface area contributed by atoms with Gasteiger partial charge in [0.25, 0.3) is 0 Å². The fourth-order valence-corrected chi connectivity index (χ4v) is 3.37. The van der Waals surface area contributed by atoms with Crippen molar-refractivity contribution in [3.63, 3.8) is 0 Å². The third-order valence-corrected chi connectivity index (χ3v) is 4.35. The van der Waals surface area contributed by atoms with Crippen LogP contribution in [0.15, 0.2) is 22.1 Å². The summed E-state index contributed by atoms with van der Waals surface area (Å²) < 4.78 is 27.2. The van der Waals surface area contributed by atoms with Gasteiger partial charge in [-0.05, 0) is 31.7 Å². The smallest absolute Gasteiger partial charge is 0.220 e. The first-order valence-corrected chi connectivity index (χ1v) is 7.45. The Morgan fingerprint density at radius 3 is 2.45 bits per heavy atom. The number of hydrogen-bond acceptors (Lipinski definition) is 5. The summed E-state index contributed by atoms with van der Waals surface area (Å²) >= 11 is 5.76. The summed E-state index contributed by atoms with van der Waals surface area (Å²) in [7, 11) is 0. The molecule has 1 aliphatic heterocycles. The zero-order valence-corrected chi connectivity index (χ0v) is 12.6. The second-order valence-corrected chi connectivity index (χ2v) is 5.95. The van der Waals surface area contributed by atoms with E-state index in [-0.39, 0.29) is 16.9 Å². The molecule has 0 unspecified atom stereocenters. The molecule has 0 aromatic heterocycles. The normalized spacial score (nSPS) is 20.8. The Morgan fingerprint density at radius 2 is 1.82 bits per heavy atom. The summed E-state index contributed by atoms with van der Waals surface area (Å²) in [6.45, 7) is 0. The molecule has 0 amide bonds. The molecule has 1 saturated carbocycles. The molecule has 5 nitrogen and oxygen atoms in total. The average molecular weight is 328 g/mol. The number of benzene rings is 1. The van der Waals surface area contributed by atoms with Crippen LogP contribution in [0.2, 0.25) is 5.02 Å². The Balaban J connectivity index is 2.12. The highest BCUT2D eigenvalue weighted by Gasteiger charge is 2.42. The molecule has 0 radical (unpaired) electrons. The lowest BCUT2D eigenvalue weighted by Gasteiger charge is -2.45. The van der Waals surface area contributed by atoms with Crippen LogP contribution in [0.3, 0.4) is 0 Å². The van der Waals surface area contributed by atoms with Crippen molar-refractivity contribution in [3.05, 3.63) is 28.8 Å². The van der Waals surface area contributed by atoms with Gasteiger partial charge < -0.3 is 11.5 Å². The van der Waals surface area contributed by atoms with Crippen molar-refractivity contribution < 1.29 is 8.78 Å². The number of halogens is 3. The first-order valence-electron chi connectivity index (χ1n) is 7.07. The van der Waals surface area contributed by atoms with Crippen molar-refractivity contribution >= 4 is 29.2 Å². The summed E-state index contributed by atoms with van der Waals surface area (Å²) in [4.78, 5) is 10.0. The van der Waals surface area contributed by atoms with Gasteiger partial charge in [-0.3, -0.25) is 4.90 Å². The van der Waals surface area contributed by atoms with E-state index in [1.54, 1.807) is 4.90 Å². The number of rotatable bonds is 1.